The van der Waals surface area contributed by atoms with Crippen LogP contribution in [0.4, 0.5) is 5.95 Å². The van der Waals surface area contributed by atoms with Crippen LogP contribution in [0, 0.1) is 0 Å². The van der Waals surface area contributed by atoms with Crippen molar-refractivity contribution < 1.29 is 23.1 Å². The number of hydrogen-bond donors (Lipinski definition) is 2. The van der Waals surface area contributed by atoms with Gasteiger partial charge in [0.05, 0.1) is 17.6 Å². The van der Waals surface area contributed by atoms with E-state index in [9.17, 15) is 8.42 Å². The lowest BCUT2D eigenvalue weighted by Gasteiger charge is -2.30. The van der Waals surface area contributed by atoms with Gasteiger partial charge < -0.3 is 19.6 Å². The van der Waals surface area contributed by atoms with Crippen molar-refractivity contribution in [2.45, 2.75) is 18.1 Å². The molecule has 2 heterocycles. The van der Waals surface area contributed by atoms with Gasteiger partial charge in [-0.05, 0) is 12.8 Å². The fourth-order valence-electron chi connectivity index (χ4n) is 2.14. The maximum Gasteiger partial charge on any atom is 0.707 e. The predicted molar refractivity (Wildman–Crippen MR) is 72.9 cm³/mol. The molecule has 0 radical (unpaired) electrons. The quantitative estimate of drug-likeness (QED) is 0.670. The second-order valence-corrected chi connectivity index (χ2v) is 7.00. The second kappa shape index (κ2) is 5.94. The highest BCUT2D eigenvalue weighted by molar-refractivity contribution is 7.91. The van der Waals surface area contributed by atoms with Crippen LogP contribution >= 0.6 is 0 Å². The normalized spacial score (nSPS) is 17.1. The molecule has 0 aliphatic carbocycles. The first kappa shape index (κ1) is 15.0. The Labute approximate surface area is 117 Å². The van der Waals surface area contributed by atoms with Crippen molar-refractivity contribution in [2.75, 3.05) is 24.2 Å². The van der Waals surface area contributed by atoms with Gasteiger partial charge in [0, 0.05) is 19.3 Å². The summed E-state index contributed by atoms with van der Waals surface area (Å²) in [6, 6.07) is 0. The van der Waals surface area contributed by atoms with Gasteiger partial charge in [0.15, 0.2) is 0 Å². The molecular formula is C10H16BN3O5S. The van der Waals surface area contributed by atoms with Crippen molar-refractivity contribution in [3.63, 3.8) is 0 Å². The van der Waals surface area contributed by atoms with Crippen LogP contribution in [-0.2, 0) is 9.84 Å². The van der Waals surface area contributed by atoms with Crippen LogP contribution < -0.4 is 9.55 Å². The molecule has 110 valence electrons. The molecule has 20 heavy (non-hydrogen) atoms. The van der Waals surface area contributed by atoms with E-state index in [1.807, 2.05) is 4.90 Å². The van der Waals surface area contributed by atoms with Crippen LogP contribution in [0.15, 0.2) is 12.4 Å². The first-order valence-corrected chi connectivity index (χ1v) is 8.10. The van der Waals surface area contributed by atoms with Gasteiger partial charge in [-0.15, -0.1) is 0 Å². The van der Waals surface area contributed by atoms with Crippen molar-refractivity contribution in [3.8, 4) is 5.75 Å². The molecule has 0 bridgehead atoms. The molecule has 0 spiro atoms. The van der Waals surface area contributed by atoms with E-state index in [1.165, 1.54) is 18.6 Å². The van der Waals surface area contributed by atoms with E-state index in [-0.39, 0.29) is 11.0 Å². The summed E-state index contributed by atoms with van der Waals surface area (Å²) in [5.41, 5.74) is 0. The average Bonchev–Trinajstić information content (AvgIpc) is 2.38. The molecule has 1 aromatic rings. The van der Waals surface area contributed by atoms with Crippen molar-refractivity contribution in [2.24, 2.45) is 0 Å². The molecule has 1 saturated heterocycles. The standard InChI is InChI=1S/C10H16BN3O5S/c1-20(17,18)9-2-4-14(5-3-9)10-12-6-8(7-13-10)19-11(15)16/h6-7,9,15-16H,2-5H2,1H3. The summed E-state index contributed by atoms with van der Waals surface area (Å²) in [5.74, 6) is 0.617. The average molecular weight is 301 g/mol. The molecule has 1 aliphatic heterocycles. The summed E-state index contributed by atoms with van der Waals surface area (Å²) in [7, 11) is -4.90. The van der Waals surface area contributed by atoms with Gasteiger partial charge in [0.25, 0.3) is 0 Å². The first-order valence-electron chi connectivity index (χ1n) is 6.15. The number of rotatable bonds is 4. The van der Waals surface area contributed by atoms with Crippen LogP contribution in [0.5, 0.6) is 5.75 Å². The lowest BCUT2D eigenvalue weighted by Crippen LogP contribution is -2.39. The predicted octanol–water partition coefficient (Wildman–Crippen LogP) is -1.16. The Kier molecular flexibility index (Phi) is 4.46. The van der Waals surface area contributed by atoms with Gasteiger partial charge in [0.2, 0.25) is 5.95 Å². The summed E-state index contributed by atoms with van der Waals surface area (Å²) < 4.78 is 27.5. The van der Waals surface area contributed by atoms with Gasteiger partial charge in [-0.1, -0.05) is 0 Å². The number of nitrogens with zero attached hydrogens (tertiary/aromatic N) is 3. The van der Waals surface area contributed by atoms with Crippen molar-refractivity contribution >= 4 is 23.1 Å². The lowest BCUT2D eigenvalue weighted by atomic mass is 10.1. The Morgan fingerprint density at radius 3 is 2.30 bits per heavy atom. The van der Waals surface area contributed by atoms with E-state index in [4.69, 9.17) is 10.0 Å². The monoisotopic (exact) mass is 301 g/mol. The maximum atomic E-state index is 11.5. The van der Waals surface area contributed by atoms with E-state index >= 15 is 0 Å². The van der Waals surface area contributed by atoms with Gasteiger partial charge in [-0.2, -0.15) is 0 Å². The van der Waals surface area contributed by atoms with Crippen molar-refractivity contribution in [1.29, 1.82) is 0 Å². The van der Waals surface area contributed by atoms with Crippen LogP contribution in [0.1, 0.15) is 12.8 Å². The molecule has 8 nitrogen and oxygen atoms in total. The number of anilines is 1. The Morgan fingerprint density at radius 1 is 1.30 bits per heavy atom. The number of sulfone groups is 1. The van der Waals surface area contributed by atoms with Crippen LogP contribution in [-0.4, -0.2) is 60.4 Å². The first-order chi connectivity index (χ1) is 9.36. The SMILES string of the molecule is CS(=O)(=O)C1CCN(c2ncc(OB(O)O)cn2)CC1. The molecule has 10 heteroatoms. The van der Waals surface area contributed by atoms with E-state index < -0.39 is 17.2 Å². The third-order valence-corrected chi connectivity index (χ3v) is 4.87. The Morgan fingerprint density at radius 2 is 1.85 bits per heavy atom. The summed E-state index contributed by atoms with van der Waals surface area (Å²) in [4.78, 5) is 10.0. The molecule has 0 aromatic carbocycles. The summed E-state index contributed by atoms with van der Waals surface area (Å²) in [6.07, 6.45) is 5.04. The molecule has 0 atom stereocenters. The van der Waals surface area contributed by atoms with E-state index in [1.54, 1.807) is 0 Å². The maximum absolute atomic E-state index is 11.5. The van der Waals surface area contributed by atoms with Crippen LogP contribution in [0.3, 0.4) is 0 Å². The smallest absolute Gasteiger partial charge is 0.509 e. The van der Waals surface area contributed by atoms with Crippen LogP contribution in [0.25, 0.3) is 0 Å². The number of piperidine rings is 1. The summed E-state index contributed by atoms with van der Waals surface area (Å²) >= 11 is 0. The van der Waals surface area contributed by atoms with E-state index in [0.29, 0.717) is 31.9 Å². The molecule has 1 fully saturated rings. The molecule has 0 unspecified atom stereocenters. The molecule has 0 amide bonds. The molecular weight excluding hydrogens is 285 g/mol. The fourth-order valence-corrected chi connectivity index (χ4v) is 3.21. The largest absolute Gasteiger partial charge is 0.707 e. The van der Waals surface area contributed by atoms with Crippen LogP contribution in [0.2, 0.25) is 0 Å². The van der Waals surface area contributed by atoms with Gasteiger partial charge in [-0.25, -0.2) is 18.4 Å². The minimum absolute atomic E-state index is 0.148. The summed E-state index contributed by atoms with van der Waals surface area (Å²) in [5, 5.41) is 17.0. The topological polar surface area (TPSA) is 113 Å². The molecule has 1 aromatic heterocycles. The zero-order valence-electron chi connectivity index (χ0n) is 11.0. The lowest BCUT2D eigenvalue weighted by molar-refractivity contribution is 0.287. The third kappa shape index (κ3) is 3.81. The highest BCUT2D eigenvalue weighted by atomic mass is 32.2. The molecule has 0 saturated carbocycles. The molecule has 2 rings (SSSR count). The Balaban J connectivity index is 1.97. The van der Waals surface area contributed by atoms with Crippen molar-refractivity contribution in [3.05, 3.63) is 12.4 Å². The second-order valence-electron chi connectivity index (χ2n) is 4.68. The van der Waals surface area contributed by atoms with Gasteiger partial charge in [-0.3, -0.25) is 0 Å². The third-order valence-electron chi connectivity index (χ3n) is 3.19. The Hall–Kier alpha value is -1.39. The highest BCUT2D eigenvalue weighted by Gasteiger charge is 2.27. The summed E-state index contributed by atoms with van der Waals surface area (Å²) in [6.45, 7) is 1.14. The van der Waals surface area contributed by atoms with Gasteiger partial charge in [0.1, 0.15) is 15.6 Å². The van der Waals surface area contributed by atoms with Gasteiger partial charge >= 0.3 is 7.32 Å². The molecule has 1 aliphatic rings. The minimum atomic E-state index is -2.99. The van der Waals surface area contributed by atoms with Crippen molar-refractivity contribution in [1.82, 2.24) is 9.97 Å². The minimum Gasteiger partial charge on any atom is -0.509 e. The Bertz CT molecular complexity index is 543. The van der Waals surface area contributed by atoms with E-state index in [0.717, 1.165) is 0 Å². The molecule has 2 N–H and O–H groups in total. The number of aromatic nitrogens is 2. The number of hydrogen-bond acceptors (Lipinski definition) is 8. The zero-order chi connectivity index (χ0) is 14.8. The zero-order valence-corrected chi connectivity index (χ0v) is 11.8. The highest BCUT2D eigenvalue weighted by Crippen LogP contribution is 2.21. The fraction of sp³-hybridized carbons (Fsp3) is 0.600. The van der Waals surface area contributed by atoms with E-state index in [2.05, 4.69) is 14.6 Å².